The Kier molecular flexibility index (Phi) is 5.10. The van der Waals surface area contributed by atoms with Crippen LogP contribution in [0, 0.1) is 13.8 Å². The molecule has 1 N–H and O–H groups in total. The Morgan fingerprint density at radius 1 is 1.32 bits per heavy atom. The van der Waals surface area contributed by atoms with Crippen LogP contribution in [0.4, 0.5) is 0 Å². The molecule has 0 radical (unpaired) electrons. The van der Waals surface area contributed by atoms with Gasteiger partial charge in [0.25, 0.3) is 0 Å². The summed E-state index contributed by atoms with van der Waals surface area (Å²) in [5, 5.41) is 1.52. The molecule has 1 aliphatic carbocycles. The fraction of sp³-hybridized carbons (Fsp3) is 0.375. The quantitative estimate of drug-likeness (QED) is 0.571. The Morgan fingerprint density at radius 3 is 2.64 bits per heavy atom. The topological polar surface area (TPSA) is 89.5 Å². The summed E-state index contributed by atoms with van der Waals surface area (Å²) in [6.07, 6.45) is 1.61. The van der Waals surface area contributed by atoms with Crippen LogP contribution in [-0.2, 0) is 14.8 Å². The number of nitrogens with one attached hydrogen (secondary N) is 1. The molecule has 25 heavy (non-hydrogen) atoms. The lowest BCUT2D eigenvalue weighted by molar-refractivity contribution is 0.0476. The summed E-state index contributed by atoms with van der Waals surface area (Å²) in [5.74, 6) is -1.10. The molecule has 2 aromatic heterocycles. The number of carbonyl (C=O) groups is 2. The molecule has 1 fully saturated rings. The van der Waals surface area contributed by atoms with Gasteiger partial charge in [0.15, 0.2) is 6.61 Å². The van der Waals surface area contributed by atoms with E-state index in [1.807, 2.05) is 13.8 Å². The SMILES string of the molecule is Cc1cc(C(=O)COC(=O)c2sccc2S(=O)(=O)NC2CC2)c(C)s1. The lowest BCUT2D eigenvalue weighted by Crippen LogP contribution is -2.27. The van der Waals surface area contributed by atoms with Gasteiger partial charge >= 0.3 is 5.97 Å². The summed E-state index contributed by atoms with van der Waals surface area (Å²) in [4.78, 5) is 26.2. The predicted octanol–water partition coefficient (Wildman–Crippen LogP) is 2.91. The van der Waals surface area contributed by atoms with Crippen molar-refractivity contribution < 1.29 is 22.7 Å². The first-order valence-corrected chi connectivity index (χ1v) is 10.8. The van der Waals surface area contributed by atoms with E-state index in [-0.39, 0.29) is 21.6 Å². The molecule has 1 aliphatic rings. The first-order chi connectivity index (χ1) is 11.8. The molecule has 2 heterocycles. The van der Waals surface area contributed by atoms with Gasteiger partial charge in [0, 0.05) is 21.4 Å². The van der Waals surface area contributed by atoms with Crippen LogP contribution in [0.15, 0.2) is 22.4 Å². The highest BCUT2D eigenvalue weighted by Gasteiger charge is 2.31. The Bertz CT molecular complexity index is 921. The average molecular weight is 400 g/mol. The van der Waals surface area contributed by atoms with Crippen LogP contribution in [-0.4, -0.2) is 32.8 Å². The van der Waals surface area contributed by atoms with Crippen molar-refractivity contribution >= 4 is 44.4 Å². The summed E-state index contributed by atoms with van der Waals surface area (Å²) in [5.41, 5.74) is 0.532. The zero-order valence-electron chi connectivity index (χ0n) is 13.7. The fourth-order valence-electron chi connectivity index (χ4n) is 2.32. The number of carbonyl (C=O) groups excluding carboxylic acids is 2. The monoisotopic (exact) mass is 399 g/mol. The van der Waals surface area contributed by atoms with Crippen LogP contribution in [0.25, 0.3) is 0 Å². The minimum atomic E-state index is -3.75. The third-order valence-electron chi connectivity index (χ3n) is 3.68. The Balaban J connectivity index is 1.69. The van der Waals surface area contributed by atoms with E-state index in [4.69, 9.17) is 4.74 Å². The summed E-state index contributed by atoms with van der Waals surface area (Å²) in [6, 6.07) is 3.08. The van der Waals surface area contributed by atoms with Crippen molar-refractivity contribution in [1.82, 2.24) is 4.72 Å². The fourth-order valence-corrected chi connectivity index (χ4v) is 5.88. The number of esters is 1. The number of ether oxygens (including phenoxy) is 1. The number of thiophene rings is 2. The molecule has 2 aromatic rings. The standard InChI is InChI=1S/C16H17NO5S3/c1-9-7-12(10(2)24-9)13(18)8-22-16(19)15-14(5-6-23-15)25(20,21)17-11-3-4-11/h5-7,11,17H,3-4,8H2,1-2H3. The zero-order chi connectivity index (χ0) is 18.2. The minimum Gasteiger partial charge on any atom is -0.453 e. The number of sulfonamides is 1. The summed E-state index contributed by atoms with van der Waals surface area (Å²) in [6.45, 7) is 3.32. The summed E-state index contributed by atoms with van der Waals surface area (Å²) in [7, 11) is -3.75. The van der Waals surface area contributed by atoms with Gasteiger partial charge in [-0.2, -0.15) is 0 Å². The first kappa shape index (κ1) is 18.2. The van der Waals surface area contributed by atoms with Gasteiger partial charge in [-0.05, 0) is 44.2 Å². The maximum Gasteiger partial charge on any atom is 0.350 e. The van der Waals surface area contributed by atoms with Crippen LogP contribution in [0.3, 0.4) is 0 Å². The van der Waals surface area contributed by atoms with Gasteiger partial charge in [-0.3, -0.25) is 4.79 Å². The zero-order valence-corrected chi connectivity index (χ0v) is 16.1. The third kappa shape index (κ3) is 4.17. The number of rotatable bonds is 7. The molecule has 0 saturated heterocycles. The molecule has 0 unspecified atom stereocenters. The van der Waals surface area contributed by atoms with Crippen molar-refractivity contribution in [2.45, 2.75) is 37.6 Å². The van der Waals surface area contributed by atoms with E-state index in [1.54, 1.807) is 6.07 Å². The number of Topliss-reactive ketones (excluding diaryl/α,β-unsaturated/α-hetero) is 1. The van der Waals surface area contributed by atoms with Crippen molar-refractivity contribution in [1.29, 1.82) is 0 Å². The largest absolute Gasteiger partial charge is 0.453 e. The minimum absolute atomic E-state index is 0.0147. The van der Waals surface area contributed by atoms with E-state index < -0.39 is 22.6 Å². The second-order valence-electron chi connectivity index (χ2n) is 5.84. The highest BCUT2D eigenvalue weighted by molar-refractivity contribution is 7.89. The van der Waals surface area contributed by atoms with Gasteiger partial charge in [0.1, 0.15) is 9.77 Å². The van der Waals surface area contributed by atoms with Gasteiger partial charge in [-0.15, -0.1) is 22.7 Å². The highest BCUT2D eigenvalue weighted by Crippen LogP contribution is 2.27. The van der Waals surface area contributed by atoms with Crippen LogP contribution < -0.4 is 4.72 Å². The van der Waals surface area contributed by atoms with E-state index in [9.17, 15) is 18.0 Å². The van der Waals surface area contributed by atoms with Crippen molar-refractivity contribution in [3.8, 4) is 0 Å². The normalized spacial score (nSPS) is 14.5. The van der Waals surface area contributed by atoms with Crippen LogP contribution >= 0.6 is 22.7 Å². The van der Waals surface area contributed by atoms with Gasteiger partial charge in [-0.25, -0.2) is 17.9 Å². The number of aryl methyl sites for hydroxylation is 2. The lowest BCUT2D eigenvalue weighted by Gasteiger charge is -2.07. The molecular weight excluding hydrogens is 382 g/mol. The Labute approximate surface area is 153 Å². The van der Waals surface area contributed by atoms with Gasteiger partial charge < -0.3 is 4.74 Å². The van der Waals surface area contributed by atoms with E-state index >= 15 is 0 Å². The molecule has 0 bridgehead atoms. The molecule has 134 valence electrons. The maximum absolute atomic E-state index is 12.3. The highest BCUT2D eigenvalue weighted by atomic mass is 32.2. The van der Waals surface area contributed by atoms with Crippen LogP contribution in [0.1, 0.15) is 42.6 Å². The summed E-state index contributed by atoms with van der Waals surface area (Å²) >= 11 is 2.48. The number of hydrogen-bond donors (Lipinski definition) is 1. The van der Waals surface area contributed by atoms with Crippen molar-refractivity contribution in [3.63, 3.8) is 0 Å². The second-order valence-corrected chi connectivity index (χ2v) is 9.89. The van der Waals surface area contributed by atoms with E-state index in [0.717, 1.165) is 33.9 Å². The summed E-state index contributed by atoms with van der Waals surface area (Å²) < 4.78 is 32.2. The number of ketones is 1. The number of hydrogen-bond acceptors (Lipinski definition) is 7. The molecule has 0 spiro atoms. The average Bonchev–Trinajstić information content (AvgIpc) is 3.07. The van der Waals surface area contributed by atoms with Gasteiger partial charge in [-0.1, -0.05) is 0 Å². The molecule has 0 amide bonds. The van der Waals surface area contributed by atoms with E-state index in [2.05, 4.69) is 4.72 Å². The molecular formula is C16H17NO5S3. The molecule has 0 aromatic carbocycles. The van der Waals surface area contributed by atoms with Crippen molar-refractivity contribution in [2.75, 3.05) is 6.61 Å². The molecule has 6 nitrogen and oxygen atoms in total. The maximum atomic E-state index is 12.3. The van der Waals surface area contributed by atoms with E-state index in [0.29, 0.717) is 5.56 Å². The van der Waals surface area contributed by atoms with Crippen molar-refractivity contribution in [2.24, 2.45) is 0 Å². The van der Waals surface area contributed by atoms with E-state index in [1.165, 1.54) is 22.8 Å². The van der Waals surface area contributed by atoms with Crippen LogP contribution in [0.5, 0.6) is 0 Å². The predicted molar refractivity (Wildman–Crippen MR) is 96.1 cm³/mol. The smallest absolute Gasteiger partial charge is 0.350 e. The van der Waals surface area contributed by atoms with Crippen LogP contribution in [0.2, 0.25) is 0 Å². The molecule has 1 saturated carbocycles. The molecule has 9 heteroatoms. The molecule has 3 rings (SSSR count). The Morgan fingerprint density at radius 2 is 2.04 bits per heavy atom. The molecule has 0 aliphatic heterocycles. The Hall–Kier alpha value is -1.55. The lowest BCUT2D eigenvalue weighted by atomic mass is 10.2. The first-order valence-electron chi connectivity index (χ1n) is 7.65. The third-order valence-corrected chi connectivity index (χ3v) is 7.23. The molecule has 0 atom stereocenters. The van der Waals surface area contributed by atoms with Gasteiger partial charge in [0.2, 0.25) is 15.8 Å². The second kappa shape index (κ2) is 6.99. The van der Waals surface area contributed by atoms with Crippen molar-refractivity contribution in [3.05, 3.63) is 37.7 Å². The van der Waals surface area contributed by atoms with Gasteiger partial charge in [0.05, 0.1) is 0 Å².